The Kier molecular flexibility index (Phi) is 4.41. The molecule has 17 heavy (non-hydrogen) atoms. The molecule has 1 saturated heterocycles. The van der Waals surface area contributed by atoms with E-state index in [2.05, 4.69) is 32.6 Å². The molecule has 90 valence electrons. The Morgan fingerprint density at radius 3 is 3.00 bits per heavy atom. The van der Waals surface area contributed by atoms with Gasteiger partial charge in [0.15, 0.2) is 0 Å². The number of anilines is 1. The first-order chi connectivity index (χ1) is 8.29. The zero-order valence-electron chi connectivity index (χ0n) is 9.67. The van der Waals surface area contributed by atoms with Gasteiger partial charge in [-0.15, -0.1) is 0 Å². The lowest BCUT2D eigenvalue weighted by molar-refractivity contribution is 0.414. The van der Waals surface area contributed by atoms with Gasteiger partial charge in [0.25, 0.3) is 0 Å². The van der Waals surface area contributed by atoms with Crippen LogP contribution in [0.15, 0.2) is 22.7 Å². The average molecular weight is 294 g/mol. The molecule has 4 heteroatoms. The number of hydrogen-bond donors (Lipinski definition) is 2. The summed E-state index contributed by atoms with van der Waals surface area (Å²) < 4.78 is 0.951. The van der Waals surface area contributed by atoms with Crippen molar-refractivity contribution in [2.24, 2.45) is 0 Å². The second kappa shape index (κ2) is 6.04. The van der Waals surface area contributed by atoms with Gasteiger partial charge in [0.05, 0.1) is 11.6 Å². The molecule has 0 aromatic heterocycles. The largest absolute Gasteiger partial charge is 0.383 e. The molecule has 0 amide bonds. The van der Waals surface area contributed by atoms with Crippen LogP contribution in [0.25, 0.3) is 0 Å². The van der Waals surface area contributed by atoms with Crippen molar-refractivity contribution >= 4 is 21.6 Å². The third-order valence-corrected chi connectivity index (χ3v) is 3.71. The van der Waals surface area contributed by atoms with Gasteiger partial charge in [-0.1, -0.05) is 6.42 Å². The van der Waals surface area contributed by atoms with E-state index < -0.39 is 0 Å². The number of halogens is 1. The van der Waals surface area contributed by atoms with Crippen LogP contribution in [0.2, 0.25) is 0 Å². The Hall–Kier alpha value is -1.05. The van der Waals surface area contributed by atoms with Gasteiger partial charge in [-0.3, -0.25) is 0 Å². The molecule has 1 aliphatic heterocycles. The molecule has 2 rings (SSSR count). The summed E-state index contributed by atoms with van der Waals surface area (Å²) in [6.07, 6.45) is 3.84. The number of nitriles is 1. The second-order valence-electron chi connectivity index (χ2n) is 4.33. The summed E-state index contributed by atoms with van der Waals surface area (Å²) in [5.41, 5.74) is 1.73. The highest BCUT2D eigenvalue weighted by atomic mass is 79.9. The molecule has 1 atom stereocenters. The van der Waals surface area contributed by atoms with Crippen LogP contribution >= 0.6 is 15.9 Å². The van der Waals surface area contributed by atoms with E-state index in [-0.39, 0.29) is 0 Å². The maximum absolute atomic E-state index is 8.79. The maximum Gasteiger partial charge on any atom is 0.0992 e. The minimum Gasteiger partial charge on any atom is -0.383 e. The lowest BCUT2D eigenvalue weighted by atomic mass is 10.1. The molecule has 1 aliphatic rings. The number of piperidine rings is 1. The molecule has 1 fully saturated rings. The average Bonchev–Trinajstić information content (AvgIpc) is 2.38. The van der Waals surface area contributed by atoms with E-state index in [0.717, 1.165) is 23.2 Å². The molecule has 1 aromatic rings. The first-order valence-corrected chi connectivity index (χ1v) is 6.76. The van der Waals surface area contributed by atoms with Gasteiger partial charge in [0.1, 0.15) is 0 Å². The number of nitrogens with zero attached hydrogens (tertiary/aromatic N) is 1. The van der Waals surface area contributed by atoms with Crippen LogP contribution in [0.1, 0.15) is 24.8 Å². The smallest absolute Gasteiger partial charge is 0.0992 e. The Morgan fingerprint density at radius 2 is 2.35 bits per heavy atom. The summed E-state index contributed by atoms with van der Waals surface area (Å²) >= 11 is 3.48. The minimum absolute atomic E-state index is 0.561. The van der Waals surface area contributed by atoms with Crippen molar-refractivity contribution in [3.05, 3.63) is 28.2 Å². The van der Waals surface area contributed by atoms with Crippen LogP contribution in [0.4, 0.5) is 5.69 Å². The zero-order valence-corrected chi connectivity index (χ0v) is 11.3. The number of hydrogen-bond acceptors (Lipinski definition) is 3. The molecule has 0 saturated carbocycles. The quantitative estimate of drug-likeness (QED) is 0.901. The summed E-state index contributed by atoms with van der Waals surface area (Å²) in [6, 6.07) is 8.32. The predicted molar refractivity (Wildman–Crippen MR) is 73.0 cm³/mol. The van der Waals surface area contributed by atoms with E-state index in [1.807, 2.05) is 18.2 Å². The second-order valence-corrected chi connectivity index (χ2v) is 5.19. The number of benzene rings is 1. The maximum atomic E-state index is 8.79. The fraction of sp³-hybridized carbons (Fsp3) is 0.462. The lowest BCUT2D eigenvalue weighted by Crippen LogP contribution is -2.39. The van der Waals surface area contributed by atoms with Gasteiger partial charge in [0, 0.05) is 22.7 Å². The summed E-state index contributed by atoms with van der Waals surface area (Å²) in [6.45, 7) is 2.06. The van der Waals surface area contributed by atoms with Crippen LogP contribution in [0, 0.1) is 11.3 Å². The fourth-order valence-electron chi connectivity index (χ4n) is 2.06. The molecule has 1 aromatic carbocycles. The molecule has 0 radical (unpaired) electrons. The number of rotatable bonds is 3. The third kappa shape index (κ3) is 3.45. The molecule has 0 bridgehead atoms. The Balaban J connectivity index is 1.92. The normalized spacial score (nSPS) is 19.6. The zero-order chi connectivity index (χ0) is 12.1. The molecular formula is C13H16BrN3. The van der Waals surface area contributed by atoms with E-state index in [0.29, 0.717) is 11.6 Å². The van der Waals surface area contributed by atoms with Crippen molar-refractivity contribution in [3.8, 4) is 6.07 Å². The SMILES string of the molecule is N#Cc1ccc(NCC2CCCCN2)c(Br)c1. The van der Waals surface area contributed by atoms with Crippen molar-refractivity contribution in [2.45, 2.75) is 25.3 Å². The van der Waals surface area contributed by atoms with Crippen LogP contribution < -0.4 is 10.6 Å². The van der Waals surface area contributed by atoms with Crippen LogP contribution in [0.3, 0.4) is 0 Å². The summed E-state index contributed by atoms with van der Waals surface area (Å²) in [5.74, 6) is 0. The molecule has 1 unspecified atom stereocenters. The van der Waals surface area contributed by atoms with Crippen molar-refractivity contribution in [1.82, 2.24) is 5.32 Å². The van der Waals surface area contributed by atoms with Gasteiger partial charge in [0.2, 0.25) is 0 Å². The lowest BCUT2D eigenvalue weighted by Gasteiger charge is -2.24. The van der Waals surface area contributed by atoms with Crippen molar-refractivity contribution in [3.63, 3.8) is 0 Å². The molecular weight excluding hydrogens is 278 g/mol. The minimum atomic E-state index is 0.561. The van der Waals surface area contributed by atoms with Gasteiger partial charge in [-0.05, 0) is 53.5 Å². The molecule has 3 nitrogen and oxygen atoms in total. The van der Waals surface area contributed by atoms with Crippen LogP contribution in [-0.4, -0.2) is 19.1 Å². The van der Waals surface area contributed by atoms with Crippen molar-refractivity contribution in [2.75, 3.05) is 18.4 Å². The highest BCUT2D eigenvalue weighted by Gasteiger charge is 2.12. The Morgan fingerprint density at radius 1 is 1.47 bits per heavy atom. The molecule has 0 spiro atoms. The summed E-state index contributed by atoms with van der Waals surface area (Å²) in [4.78, 5) is 0. The fourth-order valence-corrected chi connectivity index (χ4v) is 2.58. The first-order valence-electron chi connectivity index (χ1n) is 5.96. The third-order valence-electron chi connectivity index (χ3n) is 3.05. The predicted octanol–water partition coefficient (Wildman–Crippen LogP) is 2.87. The Labute approximate surface area is 110 Å². The van der Waals surface area contributed by atoms with E-state index in [9.17, 15) is 0 Å². The highest BCUT2D eigenvalue weighted by molar-refractivity contribution is 9.10. The molecule has 2 N–H and O–H groups in total. The van der Waals surface area contributed by atoms with Crippen LogP contribution in [0.5, 0.6) is 0 Å². The van der Waals surface area contributed by atoms with Crippen molar-refractivity contribution < 1.29 is 0 Å². The standard InChI is InChI=1S/C13H16BrN3/c14-12-7-10(8-15)4-5-13(12)17-9-11-3-1-2-6-16-11/h4-5,7,11,16-17H,1-3,6,9H2. The van der Waals surface area contributed by atoms with E-state index in [1.54, 1.807) is 0 Å². The van der Waals surface area contributed by atoms with E-state index in [1.165, 1.54) is 19.3 Å². The topological polar surface area (TPSA) is 47.9 Å². The molecule has 0 aliphatic carbocycles. The van der Waals surface area contributed by atoms with Gasteiger partial charge < -0.3 is 10.6 Å². The van der Waals surface area contributed by atoms with Crippen LogP contribution in [-0.2, 0) is 0 Å². The van der Waals surface area contributed by atoms with E-state index in [4.69, 9.17) is 5.26 Å². The Bertz CT molecular complexity index is 419. The summed E-state index contributed by atoms with van der Waals surface area (Å²) in [5, 5.41) is 15.7. The number of nitrogens with one attached hydrogen (secondary N) is 2. The van der Waals surface area contributed by atoms with Gasteiger partial charge >= 0.3 is 0 Å². The molecule has 1 heterocycles. The van der Waals surface area contributed by atoms with Gasteiger partial charge in [-0.25, -0.2) is 0 Å². The monoisotopic (exact) mass is 293 g/mol. The van der Waals surface area contributed by atoms with Crippen molar-refractivity contribution in [1.29, 1.82) is 5.26 Å². The van der Waals surface area contributed by atoms with Gasteiger partial charge in [-0.2, -0.15) is 5.26 Å². The highest BCUT2D eigenvalue weighted by Crippen LogP contribution is 2.23. The first kappa shape index (κ1) is 12.4. The summed E-state index contributed by atoms with van der Waals surface area (Å²) in [7, 11) is 0. The van der Waals surface area contributed by atoms with E-state index >= 15 is 0 Å².